The summed E-state index contributed by atoms with van der Waals surface area (Å²) in [5, 5.41) is 0. The molecule has 2 atom stereocenters. The first kappa shape index (κ1) is 12.4. The SMILES string of the molecule is C=C1C2CCC(C2)C1(C)C.Cc1ccccc1. The van der Waals surface area contributed by atoms with Gasteiger partial charge in [0.2, 0.25) is 0 Å². The molecule has 0 aromatic heterocycles. The second-order valence-electron chi connectivity index (χ2n) is 6.11. The highest BCUT2D eigenvalue weighted by Gasteiger charge is 2.47. The monoisotopic (exact) mass is 228 g/mol. The Morgan fingerprint density at radius 3 is 2.06 bits per heavy atom. The zero-order chi connectivity index (χ0) is 12.5. The van der Waals surface area contributed by atoms with Crippen LogP contribution in [-0.2, 0) is 0 Å². The van der Waals surface area contributed by atoms with Gasteiger partial charge in [0.25, 0.3) is 0 Å². The fraction of sp³-hybridized carbons (Fsp3) is 0.529. The molecule has 17 heavy (non-hydrogen) atoms. The van der Waals surface area contributed by atoms with Gasteiger partial charge in [0.1, 0.15) is 0 Å². The quantitative estimate of drug-likeness (QED) is 0.548. The number of fused-ring (bicyclic) bond motifs is 2. The normalized spacial score (nSPS) is 28.8. The van der Waals surface area contributed by atoms with E-state index in [0.717, 1.165) is 11.8 Å². The van der Waals surface area contributed by atoms with Gasteiger partial charge in [0.05, 0.1) is 0 Å². The largest absolute Gasteiger partial charge is 0.0990 e. The summed E-state index contributed by atoms with van der Waals surface area (Å²) < 4.78 is 0. The number of benzene rings is 1. The van der Waals surface area contributed by atoms with Crippen molar-refractivity contribution >= 4 is 0 Å². The maximum atomic E-state index is 4.19. The lowest BCUT2D eigenvalue weighted by Gasteiger charge is -2.31. The first-order chi connectivity index (χ1) is 8.01. The van der Waals surface area contributed by atoms with Gasteiger partial charge >= 0.3 is 0 Å². The molecule has 2 saturated carbocycles. The highest BCUT2D eigenvalue weighted by Crippen LogP contribution is 2.58. The molecule has 2 aliphatic carbocycles. The lowest BCUT2D eigenvalue weighted by molar-refractivity contribution is 0.289. The predicted octanol–water partition coefficient (Wildman–Crippen LogP) is 4.99. The fourth-order valence-corrected chi connectivity index (χ4v) is 3.28. The summed E-state index contributed by atoms with van der Waals surface area (Å²) in [6.07, 6.45) is 4.31. The molecule has 0 amide bonds. The molecule has 1 aromatic carbocycles. The van der Waals surface area contributed by atoms with Crippen LogP contribution in [0.4, 0.5) is 0 Å². The minimum absolute atomic E-state index is 0.475. The molecule has 2 aliphatic rings. The van der Waals surface area contributed by atoms with Crippen molar-refractivity contribution in [1.29, 1.82) is 0 Å². The van der Waals surface area contributed by atoms with Gasteiger partial charge in [0.15, 0.2) is 0 Å². The fourth-order valence-electron chi connectivity index (χ4n) is 3.28. The average Bonchev–Trinajstić information content (AvgIpc) is 2.85. The lowest BCUT2D eigenvalue weighted by atomic mass is 9.73. The van der Waals surface area contributed by atoms with E-state index in [1.807, 2.05) is 18.2 Å². The molecule has 0 N–H and O–H groups in total. The van der Waals surface area contributed by atoms with Crippen molar-refractivity contribution in [1.82, 2.24) is 0 Å². The Morgan fingerprint density at radius 1 is 1.12 bits per heavy atom. The van der Waals surface area contributed by atoms with Crippen LogP contribution in [0.5, 0.6) is 0 Å². The highest BCUT2D eigenvalue weighted by atomic mass is 14.5. The molecule has 0 aliphatic heterocycles. The second kappa shape index (κ2) is 4.68. The number of allylic oxidation sites excluding steroid dienone is 1. The number of rotatable bonds is 0. The van der Waals surface area contributed by atoms with Gasteiger partial charge < -0.3 is 0 Å². The topological polar surface area (TPSA) is 0 Å². The third kappa shape index (κ3) is 2.46. The van der Waals surface area contributed by atoms with Crippen LogP contribution in [0.2, 0.25) is 0 Å². The van der Waals surface area contributed by atoms with Crippen LogP contribution in [0.25, 0.3) is 0 Å². The Balaban J connectivity index is 0.000000136. The number of aryl methyl sites for hydroxylation is 1. The molecule has 0 saturated heterocycles. The minimum atomic E-state index is 0.475. The molecule has 3 rings (SSSR count). The molecule has 92 valence electrons. The van der Waals surface area contributed by atoms with E-state index in [-0.39, 0.29) is 0 Å². The van der Waals surface area contributed by atoms with E-state index < -0.39 is 0 Å². The Labute approximate surface area is 106 Å². The maximum Gasteiger partial charge on any atom is -0.0116 e. The van der Waals surface area contributed by atoms with Gasteiger partial charge in [-0.05, 0) is 43.4 Å². The van der Waals surface area contributed by atoms with Gasteiger partial charge in [-0.2, -0.15) is 0 Å². The summed E-state index contributed by atoms with van der Waals surface area (Å²) in [6, 6.07) is 10.3. The summed E-state index contributed by atoms with van der Waals surface area (Å²) in [6.45, 7) is 11.0. The second-order valence-corrected chi connectivity index (χ2v) is 6.11. The maximum absolute atomic E-state index is 4.19. The Bertz CT molecular complexity index is 386. The Hall–Kier alpha value is -1.04. The molecule has 2 bridgehead atoms. The van der Waals surface area contributed by atoms with Gasteiger partial charge in [-0.3, -0.25) is 0 Å². The molecule has 1 aromatic rings. The molecule has 0 heteroatoms. The van der Waals surface area contributed by atoms with Crippen LogP contribution < -0.4 is 0 Å². The average molecular weight is 228 g/mol. The number of hydrogen-bond donors (Lipinski definition) is 0. The molecule has 0 nitrogen and oxygen atoms in total. The first-order valence-corrected chi connectivity index (χ1v) is 6.72. The van der Waals surface area contributed by atoms with Gasteiger partial charge in [-0.25, -0.2) is 0 Å². The van der Waals surface area contributed by atoms with E-state index in [4.69, 9.17) is 0 Å². The van der Waals surface area contributed by atoms with Crippen molar-refractivity contribution in [3.63, 3.8) is 0 Å². The van der Waals surface area contributed by atoms with Crippen molar-refractivity contribution < 1.29 is 0 Å². The van der Waals surface area contributed by atoms with E-state index >= 15 is 0 Å². The Morgan fingerprint density at radius 2 is 1.76 bits per heavy atom. The van der Waals surface area contributed by atoms with Gasteiger partial charge in [-0.15, -0.1) is 0 Å². The number of hydrogen-bond acceptors (Lipinski definition) is 0. The van der Waals surface area contributed by atoms with Crippen LogP contribution in [0.1, 0.15) is 38.7 Å². The van der Waals surface area contributed by atoms with Gasteiger partial charge in [0, 0.05) is 0 Å². The van der Waals surface area contributed by atoms with E-state index in [1.165, 1.54) is 30.4 Å². The molecule has 2 unspecified atom stereocenters. The summed E-state index contributed by atoms with van der Waals surface area (Å²) >= 11 is 0. The minimum Gasteiger partial charge on any atom is -0.0990 e. The zero-order valence-electron chi connectivity index (χ0n) is 11.4. The smallest absolute Gasteiger partial charge is 0.0116 e. The third-order valence-corrected chi connectivity index (χ3v) is 4.71. The molecule has 2 fully saturated rings. The Kier molecular flexibility index (Phi) is 3.42. The van der Waals surface area contributed by atoms with Gasteiger partial charge in [-0.1, -0.05) is 61.9 Å². The first-order valence-electron chi connectivity index (χ1n) is 6.72. The van der Waals surface area contributed by atoms with Crippen LogP contribution in [0.15, 0.2) is 42.5 Å². The molecule has 0 spiro atoms. The predicted molar refractivity (Wildman–Crippen MR) is 74.9 cm³/mol. The van der Waals surface area contributed by atoms with E-state index in [0.29, 0.717) is 5.41 Å². The van der Waals surface area contributed by atoms with Crippen molar-refractivity contribution in [3.05, 3.63) is 48.0 Å². The third-order valence-electron chi connectivity index (χ3n) is 4.71. The summed E-state index contributed by atoms with van der Waals surface area (Å²) in [5.41, 5.74) is 3.33. The molecular formula is C17H24. The van der Waals surface area contributed by atoms with Crippen molar-refractivity contribution in [2.24, 2.45) is 17.3 Å². The van der Waals surface area contributed by atoms with Crippen LogP contribution in [0.3, 0.4) is 0 Å². The standard InChI is InChI=1S/C10H16.C7H8/c1-7-8-4-5-9(6-8)10(7,2)3;1-7-5-3-2-4-6-7/h8-9H,1,4-6H2,2-3H3;2-6H,1H3. The van der Waals surface area contributed by atoms with E-state index in [2.05, 4.69) is 39.5 Å². The molecule has 0 radical (unpaired) electrons. The summed E-state index contributed by atoms with van der Waals surface area (Å²) in [5.74, 6) is 1.85. The molecule has 0 heterocycles. The van der Waals surface area contributed by atoms with Crippen LogP contribution in [-0.4, -0.2) is 0 Å². The highest BCUT2D eigenvalue weighted by molar-refractivity contribution is 5.22. The summed E-state index contributed by atoms with van der Waals surface area (Å²) in [7, 11) is 0. The summed E-state index contributed by atoms with van der Waals surface area (Å²) in [4.78, 5) is 0. The lowest BCUT2D eigenvalue weighted by Crippen LogP contribution is -2.21. The van der Waals surface area contributed by atoms with Crippen LogP contribution >= 0.6 is 0 Å². The molecular weight excluding hydrogens is 204 g/mol. The zero-order valence-corrected chi connectivity index (χ0v) is 11.4. The van der Waals surface area contributed by atoms with Crippen molar-refractivity contribution in [3.8, 4) is 0 Å². The van der Waals surface area contributed by atoms with E-state index in [9.17, 15) is 0 Å². The van der Waals surface area contributed by atoms with Crippen molar-refractivity contribution in [2.75, 3.05) is 0 Å². The van der Waals surface area contributed by atoms with Crippen molar-refractivity contribution in [2.45, 2.75) is 40.0 Å². The van der Waals surface area contributed by atoms with E-state index in [1.54, 1.807) is 0 Å². The van der Waals surface area contributed by atoms with Crippen LogP contribution in [0, 0.1) is 24.2 Å².